The highest BCUT2D eigenvalue weighted by molar-refractivity contribution is 5.86. The summed E-state index contributed by atoms with van der Waals surface area (Å²) in [6, 6.07) is 10.7. The minimum atomic E-state index is -0.841. The number of amides is 2. The molecule has 4 atom stereocenters. The lowest BCUT2D eigenvalue weighted by atomic mass is 9.95. The lowest BCUT2D eigenvalue weighted by molar-refractivity contribution is -0.147. The molecule has 0 N–H and O–H groups in total. The van der Waals surface area contributed by atoms with Crippen molar-refractivity contribution in [3.63, 3.8) is 0 Å². The molecule has 36 heavy (non-hydrogen) atoms. The van der Waals surface area contributed by atoms with E-state index in [1.807, 2.05) is 0 Å². The Morgan fingerprint density at radius 2 is 0.972 bits per heavy atom. The van der Waals surface area contributed by atoms with E-state index >= 15 is 0 Å². The maximum Gasteiger partial charge on any atom is 0.262 e. The number of carbonyl (C=O) groups is 2. The number of rotatable bonds is 1. The van der Waals surface area contributed by atoms with Crippen LogP contribution in [0.3, 0.4) is 0 Å². The molecule has 2 aliphatic heterocycles. The van der Waals surface area contributed by atoms with Crippen molar-refractivity contribution in [1.29, 1.82) is 0 Å². The number of hydrogen-bond acceptors (Lipinski definition) is 6. The maximum absolute atomic E-state index is 13.5. The third-order valence-electron chi connectivity index (χ3n) is 7.52. The van der Waals surface area contributed by atoms with E-state index in [2.05, 4.69) is 0 Å². The SMILES string of the molecule is C[C@H]1C(=O)N(C)[C@@H]([C@@H]2c3nc4ccccc4c(=O)n3[C@@H](C)C(=O)N2C)c2nc3ccccc3c(=O)n21. The van der Waals surface area contributed by atoms with Crippen LogP contribution in [0.2, 0.25) is 0 Å². The standard InChI is InChI=1S/C26H24N6O4/c1-13-23(33)29(3)19(21-27-17-11-7-5-9-15(17)25(35)31(13)21)20-22-28-18-12-8-6-10-16(18)26(36)32(22)14(2)24(34)30(20)4/h5-14,19-20H,1-4H3/t13-,14-,19-,20+/m0/s1. The van der Waals surface area contributed by atoms with E-state index in [-0.39, 0.29) is 22.9 Å². The average Bonchev–Trinajstić information content (AvgIpc) is 2.88. The Hall–Kier alpha value is -4.34. The third kappa shape index (κ3) is 2.78. The maximum atomic E-state index is 13.5. The van der Waals surface area contributed by atoms with Crippen LogP contribution in [0.1, 0.15) is 49.7 Å². The van der Waals surface area contributed by atoms with Gasteiger partial charge in [0.25, 0.3) is 11.1 Å². The molecule has 2 aliphatic rings. The van der Waals surface area contributed by atoms with E-state index < -0.39 is 24.2 Å². The fourth-order valence-electron chi connectivity index (χ4n) is 5.63. The van der Waals surface area contributed by atoms with Crippen molar-refractivity contribution in [3.8, 4) is 0 Å². The molecule has 6 rings (SSSR count). The van der Waals surface area contributed by atoms with Gasteiger partial charge in [0.05, 0.1) is 21.8 Å². The minimum absolute atomic E-state index is 0.291. The van der Waals surface area contributed by atoms with Gasteiger partial charge in [-0.15, -0.1) is 0 Å². The first kappa shape index (κ1) is 22.1. The molecule has 4 aromatic rings. The summed E-state index contributed by atoms with van der Waals surface area (Å²) in [6.45, 7) is 3.33. The Kier molecular flexibility index (Phi) is 4.66. The summed E-state index contributed by atoms with van der Waals surface area (Å²) in [5.74, 6) is 0.115. The Balaban J connectivity index is 1.70. The highest BCUT2D eigenvalue weighted by atomic mass is 16.2. The van der Waals surface area contributed by atoms with Gasteiger partial charge in [-0.05, 0) is 38.1 Å². The summed E-state index contributed by atoms with van der Waals surface area (Å²) in [6.07, 6.45) is 0. The lowest BCUT2D eigenvalue weighted by Gasteiger charge is -2.46. The van der Waals surface area contributed by atoms with Crippen molar-refractivity contribution in [2.24, 2.45) is 0 Å². The van der Waals surface area contributed by atoms with Gasteiger partial charge in [-0.2, -0.15) is 0 Å². The van der Waals surface area contributed by atoms with Crippen LogP contribution < -0.4 is 11.1 Å². The number of hydrogen-bond donors (Lipinski definition) is 0. The second-order valence-electron chi connectivity index (χ2n) is 9.46. The molecule has 0 radical (unpaired) electrons. The largest absolute Gasteiger partial charge is 0.331 e. The van der Waals surface area contributed by atoms with E-state index in [1.54, 1.807) is 76.5 Å². The van der Waals surface area contributed by atoms with Gasteiger partial charge in [-0.25, -0.2) is 9.97 Å². The number of fused-ring (bicyclic) bond motifs is 4. The van der Waals surface area contributed by atoms with E-state index in [9.17, 15) is 19.2 Å². The van der Waals surface area contributed by atoms with Crippen molar-refractivity contribution < 1.29 is 9.59 Å². The summed E-state index contributed by atoms with van der Waals surface area (Å²) in [5, 5.41) is 0.818. The van der Waals surface area contributed by atoms with Crippen LogP contribution in [0.5, 0.6) is 0 Å². The molecular formula is C26H24N6O4. The summed E-state index contributed by atoms with van der Waals surface area (Å²) >= 11 is 0. The van der Waals surface area contributed by atoms with E-state index in [0.29, 0.717) is 33.5 Å². The highest BCUT2D eigenvalue weighted by Crippen LogP contribution is 2.43. The molecule has 0 saturated carbocycles. The summed E-state index contributed by atoms with van der Waals surface area (Å²) in [5.41, 5.74) is 0.347. The van der Waals surface area contributed by atoms with Crippen LogP contribution in [-0.4, -0.2) is 54.8 Å². The molecule has 0 bridgehead atoms. The zero-order valence-corrected chi connectivity index (χ0v) is 20.2. The Morgan fingerprint density at radius 1 is 0.611 bits per heavy atom. The van der Waals surface area contributed by atoms with E-state index in [4.69, 9.17) is 9.97 Å². The predicted octanol–water partition coefficient (Wildman–Crippen LogP) is 1.95. The van der Waals surface area contributed by atoms with Gasteiger partial charge in [-0.1, -0.05) is 24.3 Å². The molecule has 4 heterocycles. The first-order chi connectivity index (χ1) is 17.2. The first-order valence-corrected chi connectivity index (χ1v) is 11.8. The predicted molar refractivity (Wildman–Crippen MR) is 132 cm³/mol. The quantitative estimate of drug-likeness (QED) is 0.409. The molecule has 10 nitrogen and oxygen atoms in total. The molecule has 2 amide bonds. The zero-order valence-electron chi connectivity index (χ0n) is 20.2. The van der Waals surface area contributed by atoms with Crippen LogP contribution in [-0.2, 0) is 9.59 Å². The van der Waals surface area contributed by atoms with Crippen molar-refractivity contribution in [2.45, 2.75) is 38.0 Å². The number of benzene rings is 2. The summed E-state index contributed by atoms with van der Waals surface area (Å²) in [4.78, 5) is 66.6. The second kappa shape index (κ2) is 7.58. The van der Waals surface area contributed by atoms with Gasteiger partial charge in [0.15, 0.2) is 0 Å². The Bertz CT molecular complexity index is 1600. The minimum Gasteiger partial charge on any atom is -0.331 e. The smallest absolute Gasteiger partial charge is 0.262 e. The average molecular weight is 485 g/mol. The Labute approximate surface area is 205 Å². The van der Waals surface area contributed by atoms with Gasteiger partial charge in [0, 0.05) is 14.1 Å². The number of aromatic nitrogens is 4. The number of likely N-dealkylation sites (N-methyl/N-ethyl adjacent to an activating group) is 2. The lowest BCUT2D eigenvalue weighted by Crippen LogP contribution is -2.56. The summed E-state index contributed by atoms with van der Waals surface area (Å²) < 4.78 is 2.82. The monoisotopic (exact) mass is 484 g/mol. The first-order valence-electron chi connectivity index (χ1n) is 11.8. The topological polar surface area (TPSA) is 110 Å². The molecule has 2 aromatic carbocycles. The van der Waals surface area contributed by atoms with Crippen LogP contribution in [0.25, 0.3) is 21.8 Å². The Morgan fingerprint density at radius 3 is 1.36 bits per heavy atom. The fraction of sp³-hybridized carbons (Fsp3) is 0.308. The van der Waals surface area contributed by atoms with Crippen molar-refractivity contribution >= 4 is 33.6 Å². The van der Waals surface area contributed by atoms with Crippen LogP contribution in [0.4, 0.5) is 0 Å². The van der Waals surface area contributed by atoms with Gasteiger partial charge < -0.3 is 9.80 Å². The highest BCUT2D eigenvalue weighted by Gasteiger charge is 2.49. The van der Waals surface area contributed by atoms with Crippen LogP contribution in [0, 0.1) is 0 Å². The normalized spacial score (nSPS) is 23.8. The van der Waals surface area contributed by atoms with Gasteiger partial charge in [0.1, 0.15) is 35.8 Å². The van der Waals surface area contributed by atoms with Gasteiger partial charge >= 0.3 is 0 Å². The molecular weight excluding hydrogens is 460 g/mol. The van der Waals surface area contributed by atoms with Gasteiger partial charge in [0.2, 0.25) is 11.8 Å². The molecule has 10 heteroatoms. The fourth-order valence-corrected chi connectivity index (χ4v) is 5.63. The molecule has 0 saturated heterocycles. The summed E-state index contributed by atoms with van der Waals surface area (Å²) in [7, 11) is 3.27. The molecule has 0 fully saturated rings. The van der Waals surface area contributed by atoms with Crippen molar-refractivity contribution in [1.82, 2.24) is 28.9 Å². The number of carbonyl (C=O) groups excluding carboxylic acids is 2. The third-order valence-corrected chi connectivity index (χ3v) is 7.52. The number of nitrogens with zero attached hydrogens (tertiary/aromatic N) is 6. The van der Waals surface area contributed by atoms with E-state index in [0.717, 1.165) is 0 Å². The van der Waals surface area contributed by atoms with Crippen molar-refractivity contribution in [3.05, 3.63) is 80.9 Å². The molecule has 0 unspecified atom stereocenters. The molecule has 0 spiro atoms. The van der Waals surface area contributed by atoms with Crippen LogP contribution >= 0.6 is 0 Å². The second-order valence-corrected chi connectivity index (χ2v) is 9.46. The molecule has 2 aromatic heterocycles. The number of para-hydroxylation sites is 2. The van der Waals surface area contributed by atoms with E-state index in [1.165, 1.54) is 18.9 Å². The molecule has 182 valence electrons. The van der Waals surface area contributed by atoms with Crippen molar-refractivity contribution in [2.75, 3.05) is 14.1 Å². The van der Waals surface area contributed by atoms with Gasteiger partial charge in [-0.3, -0.25) is 28.3 Å². The van der Waals surface area contributed by atoms with Crippen LogP contribution in [0.15, 0.2) is 58.1 Å². The zero-order chi connectivity index (χ0) is 25.5. The molecule has 0 aliphatic carbocycles.